The SMILES string of the molecule is CCCC(C)Oc1ccc(C#Cc2ccc(N=C=S)cc2)cc1. The Morgan fingerprint density at radius 3 is 2.09 bits per heavy atom. The first-order valence-electron chi connectivity index (χ1n) is 7.68. The summed E-state index contributed by atoms with van der Waals surface area (Å²) in [4.78, 5) is 3.92. The number of thiocarbonyl (C=S) groups is 1. The van der Waals surface area contributed by atoms with Gasteiger partial charge < -0.3 is 4.74 Å². The molecule has 2 nitrogen and oxygen atoms in total. The molecule has 0 heterocycles. The topological polar surface area (TPSA) is 21.6 Å². The van der Waals surface area contributed by atoms with E-state index in [1.807, 2.05) is 48.5 Å². The van der Waals surface area contributed by atoms with Crippen molar-refractivity contribution >= 4 is 23.1 Å². The van der Waals surface area contributed by atoms with Crippen LogP contribution in [0.15, 0.2) is 53.5 Å². The molecule has 0 bridgehead atoms. The zero-order chi connectivity index (χ0) is 16.5. The van der Waals surface area contributed by atoms with Crippen molar-refractivity contribution in [3.8, 4) is 17.6 Å². The Morgan fingerprint density at radius 2 is 1.57 bits per heavy atom. The van der Waals surface area contributed by atoms with Crippen LogP contribution in [0.2, 0.25) is 0 Å². The molecule has 0 N–H and O–H groups in total. The zero-order valence-electron chi connectivity index (χ0n) is 13.4. The molecule has 1 atom stereocenters. The molecule has 0 amide bonds. The summed E-state index contributed by atoms with van der Waals surface area (Å²) in [6.45, 7) is 4.25. The largest absolute Gasteiger partial charge is 0.491 e. The normalized spacial score (nSPS) is 10.9. The first-order chi connectivity index (χ1) is 11.2. The zero-order valence-corrected chi connectivity index (χ0v) is 14.2. The summed E-state index contributed by atoms with van der Waals surface area (Å²) in [7, 11) is 0. The molecule has 0 aromatic heterocycles. The van der Waals surface area contributed by atoms with E-state index < -0.39 is 0 Å². The third-order valence-corrected chi connectivity index (χ3v) is 3.37. The van der Waals surface area contributed by atoms with Crippen LogP contribution in [-0.2, 0) is 0 Å². The molecule has 1 unspecified atom stereocenters. The minimum atomic E-state index is 0.241. The first-order valence-corrected chi connectivity index (χ1v) is 8.08. The van der Waals surface area contributed by atoms with Crippen LogP contribution in [0.1, 0.15) is 37.8 Å². The summed E-state index contributed by atoms with van der Waals surface area (Å²) >= 11 is 4.58. The summed E-state index contributed by atoms with van der Waals surface area (Å²) in [6.07, 6.45) is 2.43. The van der Waals surface area contributed by atoms with Gasteiger partial charge in [0.1, 0.15) is 5.75 Å². The van der Waals surface area contributed by atoms with E-state index >= 15 is 0 Å². The minimum absolute atomic E-state index is 0.241. The van der Waals surface area contributed by atoms with Gasteiger partial charge in [0.2, 0.25) is 0 Å². The second kappa shape index (κ2) is 8.90. The Balaban J connectivity index is 2.02. The van der Waals surface area contributed by atoms with Crippen LogP contribution in [0.3, 0.4) is 0 Å². The van der Waals surface area contributed by atoms with Crippen LogP contribution in [0, 0.1) is 11.8 Å². The summed E-state index contributed by atoms with van der Waals surface area (Å²) in [5.74, 6) is 7.17. The first kappa shape index (κ1) is 17.0. The monoisotopic (exact) mass is 321 g/mol. The van der Waals surface area contributed by atoms with Crippen molar-refractivity contribution in [2.75, 3.05) is 0 Å². The molecule has 0 fully saturated rings. The Morgan fingerprint density at radius 1 is 1.00 bits per heavy atom. The van der Waals surface area contributed by atoms with Gasteiger partial charge in [-0.05, 0) is 74.1 Å². The van der Waals surface area contributed by atoms with Crippen molar-refractivity contribution in [1.82, 2.24) is 0 Å². The highest BCUT2D eigenvalue weighted by atomic mass is 32.1. The second-order valence-electron chi connectivity index (χ2n) is 5.24. The van der Waals surface area contributed by atoms with E-state index in [4.69, 9.17) is 4.74 Å². The van der Waals surface area contributed by atoms with E-state index in [0.717, 1.165) is 35.4 Å². The number of rotatable bonds is 5. The predicted molar refractivity (Wildman–Crippen MR) is 98.5 cm³/mol. The lowest BCUT2D eigenvalue weighted by molar-refractivity contribution is 0.210. The molecule has 3 heteroatoms. The predicted octanol–water partition coefficient (Wildman–Crippen LogP) is 5.39. The molecule has 0 aliphatic rings. The fourth-order valence-electron chi connectivity index (χ4n) is 2.13. The highest BCUT2D eigenvalue weighted by Gasteiger charge is 2.01. The van der Waals surface area contributed by atoms with Gasteiger partial charge in [-0.25, -0.2) is 0 Å². The van der Waals surface area contributed by atoms with E-state index in [9.17, 15) is 0 Å². The van der Waals surface area contributed by atoms with Gasteiger partial charge in [-0.2, -0.15) is 4.99 Å². The molecular formula is C20H19NOS. The minimum Gasteiger partial charge on any atom is -0.491 e. The van der Waals surface area contributed by atoms with Gasteiger partial charge in [0.05, 0.1) is 17.0 Å². The van der Waals surface area contributed by atoms with Gasteiger partial charge in [-0.1, -0.05) is 25.2 Å². The number of ether oxygens (including phenoxy) is 1. The number of nitrogens with zero attached hydrogens (tertiary/aromatic N) is 1. The average Bonchev–Trinajstić information content (AvgIpc) is 2.56. The fraction of sp³-hybridized carbons (Fsp3) is 0.250. The van der Waals surface area contributed by atoms with E-state index in [1.54, 1.807) is 0 Å². The van der Waals surface area contributed by atoms with Crippen molar-refractivity contribution < 1.29 is 4.74 Å². The van der Waals surface area contributed by atoms with Crippen LogP contribution >= 0.6 is 12.2 Å². The Hall–Kier alpha value is -2.40. The molecule has 0 saturated carbocycles. The van der Waals surface area contributed by atoms with Gasteiger partial charge in [0.15, 0.2) is 0 Å². The van der Waals surface area contributed by atoms with Gasteiger partial charge in [-0.15, -0.1) is 0 Å². The molecule has 0 aliphatic carbocycles. The maximum Gasteiger partial charge on any atom is 0.119 e. The van der Waals surface area contributed by atoms with Crippen molar-refractivity contribution in [2.45, 2.75) is 32.8 Å². The van der Waals surface area contributed by atoms with Crippen molar-refractivity contribution in [1.29, 1.82) is 0 Å². The molecule has 0 radical (unpaired) electrons. The number of hydrogen-bond donors (Lipinski definition) is 0. The smallest absolute Gasteiger partial charge is 0.119 e. The fourth-order valence-corrected chi connectivity index (χ4v) is 2.24. The summed E-state index contributed by atoms with van der Waals surface area (Å²) in [6, 6.07) is 15.5. The Bertz CT molecular complexity index is 732. The molecule has 0 spiro atoms. The molecule has 0 saturated heterocycles. The molecule has 116 valence electrons. The second-order valence-corrected chi connectivity index (χ2v) is 5.42. The lowest BCUT2D eigenvalue weighted by Gasteiger charge is -2.13. The van der Waals surface area contributed by atoms with E-state index in [2.05, 4.69) is 48.1 Å². The highest BCUT2D eigenvalue weighted by Crippen LogP contribution is 2.15. The van der Waals surface area contributed by atoms with Crippen molar-refractivity contribution in [3.05, 3.63) is 59.7 Å². The molecular weight excluding hydrogens is 302 g/mol. The summed E-state index contributed by atoms with van der Waals surface area (Å²) < 4.78 is 5.84. The molecule has 2 aromatic carbocycles. The van der Waals surface area contributed by atoms with Crippen molar-refractivity contribution in [2.24, 2.45) is 4.99 Å². The summed E-state index contributed by atoms with van der Waals surface area (Å²) in [5, 5.41) is 2.35. The number of aliphatic imine (C=N–C) groups is 1. The maximum absolute atomic E-state index is 5.84. The Labute approximate surface area is 143 Å². The van der Waals surface area contributed by atoms with E-state index in [-0.39, 0.29) is 6.10 Å². The third-order valence-electron chi connectivity index (χ3n) is 3.28. The molecule has 2 aromatic rings. The number of benzene rings is 2. The van der Waals surface area contributed by atoms with E-state index in [0.29, 0.717) is 0 Å². The van der Waals surface area contributed by atoms with Crippen LogP contribution in [-0.4, -0.2) is 11.3 Å². The molecule has 2 rings (SSSR count). The van der Waals surface area contributed by atoms with Crippen LogP contribution in [0.4, 0.5) is 5.69 Å². The number of isothiocyanates is 1. The van der Waals surface area contributed by atoms with Gasteiger partial charge in [0, 0.05) is 11.1 Å². The quantitative estimate of drug-likeness (QED) is 0.418. The lowest BCUT2D eigenvalue weighted by Crippen LogP contribution is -2.10. The average molecular weight is 321 g/mol. The van der Waals surface area contributed by atoms with E-state index in [1.165, 1.54) is 0 Å². The maximum atomic E-state index is 5.84. The standard InChI is InChI=1S/C20H19NOS/c1-3-4-16(2)22-20-13-9-18(10-14-20)6-5-17-7-11-19(12-8-17)21-15-23/h7-14,16H,3-4H2,1-2H3. The van der Waals surface area contributed by atoms with Crippen LogP contribution < -0.4 is 4.74 Å². The van der Waals surface area contributed by atoms with Crippen molar-refractivity contribution in [3.63, 3.8) is 0 Å². The highest BCUT2D eigenvalue weighted by molar-refractivity contribution is 7.78. The molecule has 0 aliphatic heterocycles. The van der Waals surface area contributed by atoms with Gasteiger partial charge in [0.25, 0.3) is 0 Å². The molecule has 23 heavy (non-hydrogen) atoms. The summed E-state index contributed by atoms with van der Waals surface area (Å²) in [5.41, 5.74) is 2.68. The lowest BCUT2D eigenvalue weighted by atomic mass is 10.1. The van der Waals surface area contributed by atoms with Gasteiger partial charge in [-0.3, -0.25) is 0 Å². The van der Waals surface area contributed by atoms with Crippen LogP contribution in [0.25, 0.3) is 0 Å². The number of hydrogen-bond acceptors (Lipinski definition) is 3. The Kier molecular flexibility index (Phi) is 6.56. The third kappa shape index (κ3) is 5.71. The van der Waals surface area contributed by atoms with Crippen LogP contribution in [0.5, 0.6) is 5.75 Å². The van der Waals surface area contributed by atoms with Gasteiger partial charge >= 0.3 is 0 Å².